The van der Waals surface area contributed by atoms with Gasteiger partial charge >= 0.3 is 0 Å². The highest BCUT2D eigenvalue weighted by Gasteiger charge is 2.09. The van der Waals surface area contributed by atoms with E-state index in [0.29, 0.717) is 29.0 Å². The van der Waals surface area contributed by atoms with Crippen molar-refractivity contribution >= 4 is 10.9 Å². The molecule has 2 aromatic heterocycles. The number of rotatable bonds is 9. The van der Waals surface area contributed by atoms with Crippen LogP contribution in [0.15, 0.2) is 78.3 Å². The maximum atomic E-state index is 12.4. The summed E-state index contributed by atoms with van der Waals surface area (Å²) in [5, 5.41) is 3.56. The smallest absolute Gasteiger partial charge is 0.258 e. The number of pyridine rings is 1. The lowest BCUT2D eigenvalue weighted by molar-refractivity contribution is 0.296. The van der Waals surface area contributed by atoms with Gasteiger partial charge in [0.2, 0.25) is 0 Å². The molecule has 0 bridgehead atoms. The molecule has 148 valence electrons. The van der Waals surface area contributed by atoms with E-state index in [1.54, 1.807) is 18.3 Å². The molecule has 0 atom stereocenters. The highest BCUT2D eigenvalue weighted by atomic mass is 16.5. The van der Waals surface area contributed by atoms with Gasteiger partial charge in [0, 0.05) is 12.7 Å². The second-order valence-electron chi connectivity index (χ2n) is 6.49. The molecule has 3 rings (SSSR count). The molecule has 2 heterocycles. The lowest BCUT2D eigenvalue weighted by Gasteiger charge is -2.09. The van der Waals surface area contributed by atoms with Crippen LogP contribution < -0.4 is 15.6 Å². The van der Waals surface area contributed by atoms with Gasteiger partial charge in [0.15, 0.2) is 0 Å². The first-order valence-corrected chi connectivity index (χ1v) is 9.31. The minimum Gasteiger partial charge on any atom is -0.486 e. The molecular weight excluding hydrogens is 364 g/mol. The Balaban J connectivity index is 1.74. The first kappa shape index (κ1) is 20.2. The molecule has 3 aromatic rings. The Kier molecular flexibility index (Phi) is 6.71. The molecule has 0 aliphatic heterocycles. The van der Waals surface area contributed by atoms with Crippen LogP contribution in [0.25, 0.3) is 10.9 Å². The zero-order valence-corrected chi connectivity index (χ0v) is 16.4. The monoisotopic (exact) mass is 388 g/mol. The number of allylic oxidation sites excluding steroid dienone is 4. The minimum atomic E-state index is -0.199. The summed E-state index contributed by atoms with van der Waals surface area (Å²) in [7, 11) is 1.83. The Morgan fingerprint density at radius 2 is 2.03 bits per heavy atom. The minimum absolute atomic E-state index is 0.159. The maximum Gasteiger partial charge on any atom is 0.258 e. The van der Waals surface area contributed by atoms with E-state index in [1.807, 2.05) is 43.5 Å². The number of aromatic amines is 1. The molecule has 0 radical (unpaired) electrons. The number of aromatic nitrogens is 3. The molecular formula is C23H24N4O2. The molecule has 2 N–H and O–H groups in total. The Labute approximate surface area is 169 Å². The van der Waals surface area contributed by atoms with E-state index in [-0.39, 0.29) is 12.2 Å². The predicted molar refractivity (Wildman–Crippen MR) is 116 cm³/mol. The van der Waals surface area contributed by atoms with Gasteiger partial charge in [-0.15, -0.1) is 0 Å². The second kappa shape index (κ2) is 9.61. The van der Waals surface area contributed by atoms with Crippen LogP contribution in [0.2, 0.25) is 0 Å². The van der Waals surface area contributed by atoms with Gasteiger partial charge < -0.3 is 15.0 Å². The van der Waals surface area contributed by atoms with E-state index in [0.717, 1.165) is 23.3 Å². The fourth-order valence-corrected chi connectivity index (χ4v) is 2.97. The van der Waals surface area contributed by atoms with Crippen LogP contribution in [0.1, 0.15) is 17.1 Å². The van der Waals surface area contributed by atoms with Crippen molar-refractivity contribution < 1.29 is 4.74 Å². The zero-order valence-electron chi connectivity index (χ0n) is 16.4. The first-order valence-electron chi connectivity index (χ1n) is 9.31. The quantitative estimate of drug-likeness (QED) is 0.549. The van der Waals surface area contributed by atoms with Crippen molar-refractivity contribution in [2.45, 2.75) is 19.6 Å². The average Bonchev–Trinajstić information content (AvgIpc) is 2.73. The van der Waals surface area contributed by atoms with Crippen molar-refractivity contribution in [3.8, 4) is 5.75 Å². The number of H-pyrrole nitrogens is 1. The van der Waals surface area contributed by atoms with Crippen molar-refractivity contribution in [3.63, 3.8) is 0 Å². The summed E-state index contributed by atoms with van der Waals surface area (Å²) in [6.45, 7) is 8.22. The Morgan fingerprint density at radius 3 is 2.72 bits per heavy atom. The third-order valence-electron chi connectivity index (χ3n) is 4.39. The Bertz CT molecular complexity index is 1100. The molecule has 0 spiro atoms. The summed E-state index contributed by atoms with van der Waals surface area (Å²) in [6.07, 6.45) is 7.91. The van der Waals surface area contributed by atoms with Crippen molar-refractivity contribution in [2.24, 2.45) is 0 Å². The third kappa shape index (κ3) is 5.06. The van der Waals surface area contributed by atoms with Gasteiger partial charge in [-0.05, 0) is 42.8 Å². The predicted octanol–water partition coefficient (Wildman–Crippen LogP) is 3.46. The van der Waals surface area contributed by atoms with Crippen LogP contribution in [-0.4, -0.2) is 22.0 Å². The van der Waals surface area contributed by atoms with Crippen molar-refractivity contribution in [2.75, 3.05) is 7.05 Å². The zero-order chi connectivity index (χ0) is 20.6. The summed E-state index contributed by atoms with van der Waals surface area (Å²) in [4.78, 5) is 24.0. The number of nitrogens with one attached hydrogen (secondary N) is 2. The number of hydrogen-bond donors (Lipinski definition) is 2. The summed E-state index contributed by atoms with van der Waals surface area (Å²) in [5.74, 6) is 1.16. The Morgan fingerprint density at radius 1 is 1.24 bits per heavy atom. The molecule has 0 aliphatic carbocycles. The van der Waals surface area contributed by atoms with Gasteiger partial charge in [-0.2, -0.15) is 0 Å². The third-order valence-corrected chi connectivity index (χ3v) is 4.39. The van der Waals surface area contributed by atoms with Crippen LogP contribution in [0, 0.1) is 0 Å². The maximum absolute atomic E-state index is 12.4. The normalized spacial score (nSPS) is 11.4. The fraction of sp³-hybridized carbons (Fsp3) is 0.174. The van der Waals surface area contributed by atoms with E-state index in [2.05, 4.69) is 33.4 Å². The molecule has 0 fully saturated rings. The molecule has 6 nitrogen and oxygen atoms in total. The molecule has 1 aromatic carbocycles. The lowest BCUT2D eigenvalue weighted by atomic mass is 10.0. The van der Waals surface area contributed by atoms with Gasteiger partial charge in [0.05, 0.1) is 11.1 Å². The van der Waals surface area contributed by atoms with E-state index >= 15 is 0 Å². The van der Waals surface area contributed by atoms with Crippen molar-refractivity contribution in [3.05, 3.63) is 101 Å². The van der Waals surface area contributed by atoms with E-state index in [4.69, 9.17) is 4.74 Å². The molecule has 0 amide bonds. The van der Waals surface area contributed by atoms with Gasteiger partial charge in [-0.25, -0.2) is 4.98 Å². The fourth-order valence-electron chi connectivity index (χ4n) is 2.97. The molecule has 0 saturated carbocycles. The standard InChI is InChI=1S/C23H24N4O2/c1-4-6-16(5-2)13-17-7-9-18(10-8-17)29-15-21-26-22-19(23(28)27-21)11-12-25-20(22)14-24-3/h4-12,24H,1-2,13-15H2,3H3,(H,26,27,28)/b16-6+. The molecule has 6 heteroatoms. The number of fused-ring (bicyclic) bond motifs is 1. The van der Waals surface area contributed by atoms with Gasteiger partial charge in [0.1, 0.15) is 23.7 Å². The topological polar surface area (TPSA) is 79.9 Å². The van der Waals surface area contributed by atoms with Crippen molar-refractivity contribution in [1.29, 1.82) is 0 Å². The summed E-state index contributed by atoms with van der Waals surface area (Å²) in [6, 6.07) is 9.47. The lowest BCUT2D eigenvalue weighted by Crippen LogP contribution is -2.16. The number of benzene rings is 1. The summed E-state index contributed by atoms with van der Waals surface area (Å²) < 4.78 is 5.81. The molecule has 29 heavy (non-hydrogen) atoms. The largest absolute Gasteiger partial charge is 0.486 e. The molecule has 0 aliphatic rings. The van der Waals surface area contributed by atoms with Crippen LogP contribution in [0.5, 0.6) is 5.75 Å². The van der Waals surface area contributed by atoms with Crippen molar-refractivity contribution in [1.82, 2.24) is 20.3 Å². The SMILES string of the molecule is C=C/C=C(\C=C)Cc1ccc(OCc2nc3c(CNC)nccc3c(=O)[nH]2)cc1. The first-order chi connectivity index (χ1) is 14.1. The average molecular weight is 388 g/mol. The van der Waals surface area contributed by atoms with Crippen LogP contribution >= 0.6 is 0 Å². The second-order valence-corrected chi connectivity index (χ2v) is 6.49. The van der Waals surface area contributed by atoms with E-state index < -0.39 is 0 Å². The number of nitrogens with zero attached hydrogens (tertiary/aromatic N) is 2. The highest BCUT2D eigenvalue weighted by Crippen LogP contribution is 2.17. The van der Waals surface area contributed by atoms with E-state index in [9.17, 15) is 4.79 Å². The van der Waals surface area contributed by atoms with E-state index in [1.165, 1.54) is 0 Å². The molecule has 0 saturated heterocycles. The van der Waals surface area contributed by atoms with Gasteiger partial charge in [-0.3, -0.25) is 9.78 Å². The highest BCUT2D eigenvalue weighted by molar-refractivity contribution is 5.79. The summed E-state index contributed by atoms with van der Waals surface area (Å²) >= 11 is 0. The summed E-state index contributed by atoms with van der Waals surface area (Å²) in [5.41, 5.74) is 3.36. The van der Waals surface area contributed by atoms with Crippen LogP contribution in [0.3, 0.4) is 0 Å². The number of ether oxygens (including phenoxy) is 1. The Hall–Kier alpha value is -3.51. The van der Waals surface area contributed by atoms with Crippen LogP contribution in [0.4, 0.5) is 0 Å². The van der Waals surface area contributed by atoms with Gasteiger partial charge in [-0.1, -0.05) is 43.5 Å². The van der Waals surface area contributed by atoms with Crippen LogP contribution in [-0.2, 0) is 19.6 Å². The number of hydrogen-bond acceptors (Lipinski definition) is 5. The molecule has 0 unspecified atom stereocenters. The van der Waals surface area contributed by atoms with Gasteiger partial charge in [0.25, 0.3) is 5.56 Å².